The van der Waals surface area contributed by atoms with Crippen molar-refractivity contribution < 1.29 is 4.39 Å². The van der Waals surface area contributed by atoms with E-state index in [0.29, 0.717) is 4.47 Å². The summed E-state index contributed by atoms with van der Waals surface area (Å²) in [4.78, 5) is 0. The predicted molar refractivity (Wildman–Crippen MR) is 63.3 cm³/mol. The summed E-state index contributed by atoms with van der Waals surface area (Å²) < 4.78 is 15.3. The summed E-state index contributed by atoms with van der Waals surface area (Å²) in [6.07, 6.45) is 1.69. The minimum Gasteiger partial charge on any atom is -0.319 e. The van der Waals surface area contributed by atoms with Crippen LogP contribution in [0.4, 0.5) is 4.39 Å². The molecule has 0 amide bonds. The predicted octanol–water partition coefficient (Wildman–Crippen LogP) is 2.37. The van der Waals surface area contributed by atoms with Crippen LogP contribution >= 0.6 is 15.9 Å². The molecule has 16 heavy (non-hydrogen) atoms. The first-order chi connectivity index (χ1) is 7.59. The van der Waals surface area contributed by atoms with Crippen molar-refractivity contribution in [2.45, 2.75) is 6.04 Å². The third-order valence-electron chi connectivity index (χ3n) is 2.48. The zero-order valence-electron chi connectivity index (χ0n) is 8.69. The fraction of sp³-hybridized carbons (Fsp3) is 0.182. The molecule has 0 aliphatic carbocycles. The number of nitrogens with two attached hydrogens (primary N) is 1. The number of aromatic nitrogens is 2. The van der Waals surface area contributed by atoms with Crippen molar-refractivity contribution >= 4 is 15.9 Å². The van der Waals surface area contributed by atoms with Gasteiger partial charge in [-0.05, 0) is 23.8 Å². The minimum atomic E-state index is -0.317. The Kier molecular flexibility index (Phi) is 3.07. The van der Waals surface area contributed by atoms with Gasteiger partial charge in [0.15, 0.2) is 0 Å². The molecule has 5 heteroatoms. The maximum atomic E-state index is 12.9. The zero-order chi connectivity index (χ0) is 11.7. The van der Waals surface area contributed by atoms with Crippen LogP contribution in [0.5, 0.6) is 0 Å². The topological polar surface area (TPSA) is 43.8 Å². The van der Waals surface area contributed by atoms with Crippen molar-refractivity contribution in [3.05, 3.63) is 52.0 Å². The molecule has 84 valence electrons. The molecule has 2 aromatic rings. The first-order valence-corrected chi connectivity index (χ1v) is 5.57. The van der Waals surface area contributed by atoms with Gasteiger partial charge < -0.3 is 5.73 Å². The molecule has 0 aliphatic heterocycles. The fourth-order valence-electron chi connectivity index (χ4n) is 1.60. The van der Waals surface area contributed by atoms with Crippen LogP contribution in [0.15, 0.2) is 34.9 Å². The van der Waals surface area contributed by atoms with Gasteiger partial charge in [-0.25, -0.2) is 4.39 Å². The van der Waals surface area contributed by atoms with Crippen molar-refractivity contribution in [2.24, 2.45) is 12.8 Å². The summed E-state index contributed by atoms with van der Waals surface area (Å²) in [7, 11) is 1.83. The monoisotopic (exact) mass is 283 g/mol. The van der Waals surface area contributed by atoms with E-state index in [1.54, 1.807) is 16.9 Å². The Hall–Kier alpha value is -1.20. The second-order valence-electron chi connectivity index (χ2n) is 3.52. The Morgan fingerprint density at radius 2 is 2.19 bits per heavy atom. The summed E-state index contributed by atoms with van der Waals surface area (Å²) in [5.41, 5.74) is 7.82. The molecular formula is C11H11BrFN3. The van der Waals surface area contributed by atoms with Crippen molar-refractivity contribution in [1.82, 2.24) is 9.78 Å². The lowest BCUT2D eigenvalue weighted by atomic mass is 10.0. The third kappa shape index (κ3) is 2.01. The lowest BCUT2D eigenvalue weighted by Gasteiger charge is -2.14. The summed E-state index contributed by atoms with van der Waals surface area (Å²) in [5, 5.41) is 4.06. The maximum Gasteiger partial charge on any atom is 0.124 e. The van der Waals surface area contributed by atoms with Crippen LogP contribution in [0.2, 0.25) is 0 Å². The average Bonchev–Trinajstić information content (AvgIpc) is 2.63. The third-order valence-corrected chi connectivity index (χ3v) is 3.16. The summed E-state index contributed by atoms with van der Waals surface area (Å²) in [5.74, 6) is -0.284. The zero-order valence-corrected chi connectivity index (χ0v) is 10.3. The summed E-state index contributed by atoms with van der Waals surface area (Å²) in [6.45, 7) is 0. The number of hydrogen-bond acceptors (Lipinski definition) is 2. The molecule has 1 aromatic heterocycles. The highest BCUT2D eigenvalue weighted by Gasteiger charge is 2.15. The summed E-state index contributed by atoms with van der Waals surface area (Å²) in [6, 6.07) is 6.02. The van der Waals surface area contributed by atoms with E-state index in [9.17, 15) is 4.39 Å². The van der Waals surface area contributed by atoms with Crippen LogP contribution in [0.1, 0.15) is 17.3 Å². The van der Waals surface area contributed by atoms with Crippen LogP contribution in [-0.4, -0.2) is 9.78 Å². The molecule has 1 unspecified atom stereocenters. The number of nitrogens with zero attached hydrogens (tertiary/aromatic N) is 2. The molecule has 0 bridgehead atoms. The molecule has 2 rings (SSSR count). The Balaban J connectivity index is 2.41. The number of aryl methyl sites for hydroxylation is 1. The molecule has 0 radical (unpaired) electrons. The van der Waals surface area contributed by atoms with E-state index < -0.39 is 0 Å². The Morgan fingerprint density at radius 1 is 1.44 bits per heavy atom. The highest BCUT2D eigenvalue weighted by atomic mass is 79.9. The number of rotatable bonds is 2. The van der Waals surface area contributed by atoms with Crippen molar-refractivity contribution in [1.29, 1.82) is 0 Å². The molecule has 0 fully saturated rings. The smallest absolute Gasteiger partial charge is 0.124 e. The van der Waals surface area contributed by atoms with Gasteiger partial charge in [0.25, 0.3) is 0 Å². The highest BCUT2D eigenvalue weighted by molar-refractivity contribution is 9.10. The molecule has 1 heterocycles. The fourth-order valence-corrected chi connectivity index (χ4v) is 2.20. The van der Waals surface area contributed by atoms with Crippen molar-refractivity contribution in [3.63, 3.8) is 0 Å². The molecular weight excluding hydrogens is 273 g/mol. The lowest BCUT2D eigenvalue weighted by Crippen LogP contribution is -2.16. The molecule has 0 saturated heterocycles. The molecule has 3 nitrogen and oxygen atoms in total. The van der Waals surface area contributed by atoms with Gasteiger partial charge in [-0.15, -0.1) is 0 Å². The Bertz CT molecular complexity index is 510. The van der Waals surface area contributed by atoms with Gasteiger partial charge >= 0.3 is 0 Å². The summed E-state index contributed by atoms with van der Waals surface area (Å²) >= 11 is 3.31. The van der Waals surface area contributed by atoms with Crippen molar-refractivity contribution in [2.75, 3.05) is 0 Å². The maximum absolute atomic E-state index is 12.9. The van der Waals surface area contributed by atoms with Gasteiger partial charge in [0.2, 0.25) is 0 Å². The van der Waals surface area contributed by atoms with Gasteiger partial charge in [-0.3, -0.25) is 4.68 Å². The van der Waals surface area contributed by atoms with Crippen LogP contribution in [-0.2, 0) is 7.05 Å². The van der Waals surface area contributed by atoms with Gasteiger partial charge in [0.1, 0.15) is 5.82 Å². The average molecular weight is 284 g/mol. The van der Waals surface area contributed by atoms with E-state index in [0.717, 1.165) is 11.3 Å². The number of halogens is 2. The highest BCUT2D eigenvalue weighted by Crippen LogP contribution is 2.26. The standard InChI is InChI=1S/C11H11BrFN3/c1-16-10(4-5-15-16)11(14)8-3-2-7(13)6-9(8)12/h2-6,11H,14H2,1H3. The van der Waals surface area contributed by atoms with Crippen LogP contribution in [0.3, 0.4) is 0 Å². The minimum absolute atomic E-state index is 0.284. The Morgan fingerprint density at radius 3 is 2.75 bits per heavy atom. The van der Waals surface area contributed by atoms with Crippen molar-refractivity contribution in [3.8, 4) is 0 Å². The molecule has 1 aromatic carbocycles. The van der Waals surface area contributed by atoms with E-state index in [1.165, 1.54) is 12.1 Å². The van der Waals surface area contributed by atoms with E-state index in [1.807, 2.05) is 13.1 Å². The largest absolute Gasteiger partial charge is 0.319 e. The second kappa shape index (κ2) is 4.35. The van der Waals surface area contributed by atoms with Gasteiger partial charge in [0.05, 0.1) is 11.7 Å². The normalized spacial score (nSPS) is 12.8. The molecule has 0 aliphatic rings. The van der Waals surface area contributed by atoms with Crippen LogP contribution < -0.4 is 5.73 Å². The lowest BCUT2D eigenvalue weighted by molar-refractivity contribution is 0.623. The van der Waals surface area contributed by atoms with Gasteiger partial charge in [-0.1, -0.05) is 22.0 Å². The number of benzene rings is 1. The first kappa shape index (κ1) is 11.3. The quantitative estimate of drug-likeness (QED) is 0.920. The van der Waals surface area contributed by atoms with E-state index in [-0.39, 0.29) is 11.9 Å². The van der Waals surface area contributed by atoms with E-state index >= 15 is 0 Å². The molecule has 1 atom stereocenters. The first-order valence-electron chi connectivity index (χ1n) is 4.78. The van der Waals surface area contributed by atoms with Crippen LogP contribution in [0.25, 0.3) is 0 Å². The van der Waals surface area contributed by atoms with E-state index in [4.69, 9.17) is 5.73 Å². The van der Waals surface area contributed by atoms with Crippen LogP contribution in [0, 0.1) is 5.82 Å². The number of hydrogen-bond donors (Lipinski definition) is 1. The van der Waals surface area contributed by atoms with Gasteiger partial charge in [-0.2, -0.15) is 5.10 Å². The molecule has 0 spiro atoms. The van der Waals surface area contributed by atoms with Gasteiger partial charge in [0, 0.05) is 17.7 Å². The molecule has 0 saturated carbocycles. The molecule has 2 N–H and O–H groups in total. The second-order valence-corrected chi connectivity index (χ2v) is 4.38. The van der Waals surface area contributed by atoms with E-state index in [2.05, 4.69) is 21.0 Å². The SMILES string of the molecule is Cn1nccc1C(N)c1ccc(F)cc1Br. The Labute approximate surface area is 101 Å².